The maximum atomic E-state index is 13.4. The molecule has 0 bridgehead atoms. The third-order valence-electron chi connectivity index (χ3n) is 3.07. The number of benzene rings is 1. The zero-order valence-electron chi connectivity index (χ0n) is 8.90. The fourth-order valence-electron chi connectivity index (χ4n) is 2.13. The minimum absolute atomic E-state index is 0.294. The van der Waals surface area contributed by atoms with Crippen LogP contribution in [0.15, 0.2) is 16.6 Å². The lowest BCUT2D eigenvalue weighted by Crippen LogP contribution is -2.12. The Balaban J connectivity index is 2.00. The van der Waals surface area contributed by atoms with Gasteiger partial charge in [0, 0.05) is 12.6 Å². The van der Waals surface area contributed by atoms with Crippen LogP contribution < -0.4 is 5.32 Å². The van der Waals surface area contributed by atoms with Crippen molar-refractivity contribution in [3.05, 3.63) is 28.2 Å². The van der Waals surface area contributed by atoms with Gasteiger partial charge in [-0.1, -0.05) is 12.8 Å². The average Bonchev–Trinajstić information content (AvgIpc) is 2.74. The maximum absolute atomic E-state index is 13.4. The van der Waals surface area contributed by atoms with Gasteiger partial charge >= 0.3 is 0 Å². The standard InChI is InChI=1S/C12H14BrF2N/c13-9-5-12(11(15)6-10(9)14)16-7-8-3-1-2-4-8/h5-6,8,16H,1-4,7H2. The number of anilines is 1. The van der Waals surface area contributed by atoms with Crippen molar-refractivity contribution >= 4 is 21.6 Å². The quantitative estimate of drug-likeness (QED) is 0.817. The summed E-state index contributed by atoms with van der Waals surface area (Å²) < 4.78 is 26.7. The Bertz CT molecular complexity index is 376. The molecule has 2 rings (SSSR count). The van der Waals surface area contributed by atoms with Gasteiger partial charge in [-0.3, -0.25) is 0 Å². The predicted molar refractivity (Wildman–Crippen MR) is 64.5 cm³/mol. The van der Waals surface area contributed by atoms with Crippen molar-refractivity contribution in [2.75, 3.05) is 11.9 Å². The molecule has 0 aliphatic heterocycles. The first-order valence-corrected chi connectivity index (χ1v) is 6.34. The summed E-state index contributed by atoms with van der Waals surface area (Å²) in [6.45, 7) is 0.773. The minimum Gasteiger partial charge on any atom is -0.382 e. The number of rotatable bonds is 3. The van der Waals surface area contributed by atoms with E-state index < -0.39 is 11.6 Å². The molecule has 1 aromatic carbocycles. The molecule has 0 aromatic heterocycles. The molecule has 0 unspecified atom stereocenters. The summed E-state index contributed by atoms with van der Waals surface area (Å²) in [6, 6.07) is 2.36. The zero-order chi connectivity index (χ0) is 11.5. The molecule has 1 aliphatic rings. The molecule has 1 aliphatic carbocycles. The molecule has 0 heterocycles. The van der Waals surface area contributed by atoms with Gasteiger partial charge in [0.25, 0.3) is 0 Å². The molecule has 1 N–H and O–H groups in total. The molecule has 1 fully saturated rings. The smallest absolute Gasteiger partial charge is 0.149 e. The predicted octanol–water partition coefficient (Wildman–Crippen LogP) is 4.33. The molecule has 16 heavy (non-hydrogen) atoms. The lowest BCUT2D eigenvalue weighted by Gasteiger charge is -2.12. The lowest BCUT2D eigenvalue weighted by molar-refractivity contribution is 0.565. The second kappa shape index (κ2) is 5.13. The second-order valence-electron chi connectivity index (χ2n) is 4.28. The van der Waals surface area contributed by atoms with Crippen LogP contribution in [0.3, 0.4) is 0 Å². The lowest BCUT2D eigenvalue weighted by atomic mass is 10.1. The third-order valence-corrected chi connectivity index (χ3v) is 3.67. The second-order valence-corrected chi connectivity index (χ2v) is 5.13. The van der Waals surface area contributed by atoms with E-state index in [2.05, 4.69) is 21.2 Å². The topological polar surface area (TPSA) is 12.0 Å². The first-order chi connectivity index (χ1) is 7.66. The summed E-state index contributed by atoms with van der Waals surface area (Å²) in [7, 11) is 0. The van der Waals surface area contributed by atoms with Crippen LogP contribution in [0.4, 0.5) is 14.5 Å². The van der Waals surface area contributed by atoms with Crippen LogP contribution >= 0.6 is 15.9 Å². The molecule has 0 atom stereocenters. The van der Waals surface area contributed by atoms with Crippen molar-refractivity contribution in [2.45, 2.75) is 25.7 Å². The Morgan fingerprint density at radius 3 is 2.56 bits per heavy atom. The Morgan fingerprint density at radius 2 is 1.88 bits per heavy atom. The normalized spacial score (nSPS) is 16.7. The van der Waals surface area contributed by atoms with Crippen molar-refractivity contribution in [1.82, 2.24) is 0 Å². The Morgan fingerprint density at radius 1 is 1.19 bits per heavy atom. The van der Waals surface area contributed by atoms with Crippen molar-refractivity contribution in [2.24, 2.45) is 5.92 Å². The van der Waals surface area contributed by atoms with Gasteiger partial charge < -0.3 is 5.32 Å². The maximum Gasteiger partial charge on any atom is 0.149 e. The van der Waals surface area contributed by atoms with Gasteiger partial charge in [0.15, 0.2) is 0 Å². The summed E-state index contributed by atoms with van der Waals surface area (Å²) in [6.07, 6.45) is 4.94. The van der Waals surface area contributed by atoms with Crippen LogP contribution in [0.2, 0.25) is 0 Å². The molecule has 0 spiro atoms. The number of hydrogen-bond acceptors (Lipinski definition) is 1. The highest BCUT2D eigenvalue weighted by Crippen LogP contribution is 2.27. The molecule has 1 saturated carbocycles. The summed E-state index contributed by atoms with van der Waals surface area (Å²) in [5.74, 6) is -0.467. The molecular weight excluding hydrogens is 276 g/mol. The van der Waals surface area contributed by atoms with Gasteiger partial charge in [-0.05, 0) is 40.8 Å². The molecule has 0 radical (unpaired) electrons. The molecule has 1 aromatic rings. The van der Waals surface area contributed by atoms with Gasteiger partial charge in [-0.25, -0.2) is 8.78 Å². The average molecular weight is 290 g/mol. The monoisotopic (exact) mass is 289 g/mol. The van der Waals surface area contributed by atoms with Crippen molar-refractivity contribution in [3.8, 4) is 0 Å². The van der Waals surface area contributed by atoms with Gasteiger partial charge in [0.05, 0.1) is 10.2 Å². The van der Waals surface area contributed by atoms with Crippen LogP contribution in [0.1, 0.15) is 25.7 Å². The number of halogens is 3. The summed E-state index contributed by atoms with van der Waals surface area (Å²) >= 11 is 3.05. The molecule has 4 heteroatoms. The Hall–Kier alpha value is -0.640. The van der Waals surface area contributed by atoms with E-state index in [4.69, 9.17) is 0 Å². The van der Waals surface area contributed by atoms with Crippen LogP contribution in [0.25, 0.3) is 0 Å². The van der Waals surface area contributed by atoms with E-state index in [-0.39, 0.29) is 0 Å². The fourth-order valence-corrected chi connectivity index (χ4v) is 2.47. The highest BCUT2D eigenvalue weighted by molar-refractivity contribution is 9.10. The van der Waals surface area contributed by atoms with Gasteiger partial charge in [-0.2, -0.15) is 0 Å². The van der Waals surface area contributed by atoms with Gasteiger partial charge in [0.1, 0.15) is 11.6 Å². The van der Waals surface area contributed by atoms with Crippen molar-refractivity contribution in [1.29, 1.82) is 0 Å². The molecular formula is C12H14BrF2N. The Kier molecular flexibility index (Phi) is 3.79. The summed E-state index contributed by atoms with van der Waals surface area (Å²) in [5, 5.41) is 3.05. The summed E-state index contributed by atoms with van der Waals surface area (Å²) in [4.78, 5) is 0. The van der Waals surface area contributed by atoms with E-state index in [0.29, 0.717) is 16.1 Å². The van der Waals surface area contributed by atoms with E-state index in [1.54, 1.807) is 0 Å². The first kappa shape index (κ1) is 11.8. The van der Waals surface area contributed by atoms with Crippen LogP contribution in [0, 0.1) is 17.6 Å². The van der Waals surface area contributed by atoms with Crippen LogP contribution in [0.5, 0.6) is 0 Å². The fraction of sp³-hybridized carbons (Fsp3) is 0.500. The van der Waals surface area contributed by atoms with E-state index in [9.17, 15) is 8.78 Å². The third kappa shape index (κ3) is 2.73. The highest BCUT2D eigenvalue weighted by atomic mass is 79.9. The first-order valence-electron chi connectivity index (χ1n) is 5.55. The van der Waals surface area contributed by atoms with Crippen LogP contribution in [-0.4, -0.2) is 6.54 Å². The van der Waals surface area contributed by atoms with Crippen LogP contribution in [-0.2, 0) is 0 Å². The highest BCUT2D eigenvalue weighted by Gasteiger charge is 2.15. The Labute approximate surface area is 102 Å². The molecule has 0 saturated heterocycles. The molecule has 88 valence electrons. The van der Waals surface area contributed by atoms with Gasteiger partial charge in [0.2, 0.25) is 0 Å². The molecule has 0 amide bonds. The zero-order valence-corrected chi connectivity index (χ0v) is 10.5. The van der Waals surface area contributed by atoms with Crippen molar-refractivity contribution < 1.29 is 8.78 Å². The SMILES string of the molecule is Fc1cc(F)c(NCC2CCCC2)cc1Br. The largest absolute Gasteiger partial charge is 0.382 e. The number of nitrogens with one attached hydrogen (secondary N) is 1. The van der Waals surface area contributed by atoms with E-state index in [0.717, 1.165) is 12.6 Å². The van der Waals surface area contributed by atoms with Gasteiger partial charge in [-0.15, -0.1) is 0 Å². The van der Waals surface area contributed by atoms with E-state index >= 15 is 0 Å². The summed E-state index contributed by atoms with van der Waals surface area (Å²) in [5.41, 5.74) is 0.375. The van der Waals surface area contributed by atoms with E-state index in [1.807, 2.05) is 0 Å². The van der Waals surface area contributed by atoms with E-state index in [1.165, 1.54) is 31.7 Å². The molecule has 1 nitrogen and oxygen atoms in total. The minimum atomic E-state index is -0.566. The van der Waals surface area contributed by atoms with Crippen molar-refractivity contribution in [3.63, 3.8) is 0 Å². The number of hydrogen-bond donors (Lipinski definition) is 1.